The number of rotatable bonds is 11. The molecule has 0 aliphatic carbocycles. The maximum Gasteiger partial charge on any atom is 0.332 e. The van der Waals surface area contributed by atoms with Crippen LogP contribution >= 0.6 is 23.2 Å². The van der Waals surface area contributed by atoms with Gasteiger partial charge in [0.15, 0.2) is 6.10 Å². The van der Waals surface area contributed by atoms with E-state index in [2.05, 4.69) is 15.6 Å². The van der Waals surface area contributed by atoms with Gasteiger partial charge in [0.05, 0.1) is 0 Å². The Labute approximate surface area is 238 Å². The smallest absolute Gasteiger partial charge is 0.332 e. The predicted molar refractivity (Wildman–Crippen MR) is 146 cm³/mol. The third kappa shape index (κ3) is 7.06. The summed E-state index contributed by atoms with van der Waals surface area (Å²) in [5.74, 6) is -2.50. The van der Waals surface area contributed by atoms with Crippen LogP contribution in [0.4, 0.5) is 0 Å². The Morgan fingerprint density at radius 3 is 2.52 bits per heavy atom. The van der Waals surface area contributed by atoms with Gasteiger partial charge in [0, 0.05) is 40.6 Å². The summed E-state index contributed by atoms with van der Waals surface area (Å²) in [5, 5.41) is 30.8. The van der Waals surface area contributed by atoms with E-state index in [0.717, 1.165) is 16.0 Å². The number of hydrogen-bond donors (Lipinski definition) is 3. The zero-order valence-corrected chi connectivity index (χ0v) is 22.6. The van der Waals surface area contributed by atoms with E-state index in [1.54, 1.807) is 24.3 Å². The Morgan fingerprint density at radius 2 is 1.82 bits per heavy atom. The zero-order valence-electron chi connectivity index (χ0n) is 21.1. The largest absolute Gasteiger partial charge is 0.479 e. The highest BCUT2D eigenvalue weighted by Gasteiger charge is 2.24. The van der Waals surface area contributed by atoms with Crippen LogP contribution in [0.15, 0.2) is 60.7 Å². The van der Waals surface area contributed by atoms with Crippen molar-refractivity contribution in [3.63, 3.8) is 0 Å². The number of carboxylic acid groups (broad SMARTS) is 1. The van der Waals surface area contributed by atoms with Crippen LogP contribution in [0.25, 0.3) is 22.2 Å². The molecule has 208 valence electrons. The van der Waals surface area contributed by atoms with Crippen LogP contribution in [0.3, 0.4) is 0 Å². The van der Waals surface area contributed by atoms with Crippen molar-refractivity contribution in [1.82, 2.24) is 20.5 Å². The second-order valence-corrected chi connectivity index (χ2v) is 9.61. The molecule has 0 aliphatic heterocycles. The zero-order chi connectivity index (χ0) is 28.8. The fourth-order valence-electron chi connectivity index (χ4n) is 3.97. The van der Waals surface area contributed by atoms with Gasteiger partial charge >= 0.3 is 11.9 Å². The molecule has 0 aliphatic rings. The van der Waals surface area contributed by atoms with Crippen molar-refractivity contribution in [2.75, 3.05) is 6.79 Å². The van der Waals surface area contributed by atoms with Gasteiger partial charge in [-0.1, -0.05) is 58.4 Å². The number of carbonyl (C=O) groups is 3. The van der Waals surface area contributed by atoms with Gasteiger partial charge in [0.25, 0.3) is 12.7 Å². The number of carbonyl (C=O) groups excluding carboxylic acids is 2. The molecule has 0 bridgehead atoms. The van der Waals surface area contributed by atoms with Gasteiger partial charge in [-0.15, -0.1) is 5.10 Å². The van der Waals surface area contributed by atoms with Crippen LogP contribution in [-0.4, -0.2) is 62.2 Å². The molecule has 0 spiro atoms. The molecule has 3 N–H and O–H groups in total. The van der Waals surface area contributed by atoms with E-state index in [1.807, 2.05) is 24.3 Å². The van der Waals surface area contributed by atoms with Crippen molar-refractivity contribution < 1.29 is 34.2 Å². The van der Waals surface area contributed by atoms with Crippen LogP contribution in [-0.2, 0) is 20.7 Å². The molecular formula is C27H24Cl2N4O7. The van der Waals surface area contributed by atoms with Crippen LogP contribution in [0.2, 0.25) is 10.0 Å². The lowest BCUT2D eigenvalue weighted by Gasteiger charge is -2.21. The third-order valence-electron chi connectivity index (χ3n) is 5.95. The SMILES string of the molecule is CC(=O)OCOn1nnc2ccc(C(=O)NC(Cc3ccc(-c4ccccc4Cl)cc3Cl)CC(O)C(=O)O)cc21. The number of nitrogens with zero attached hydrogens (tertiary/aromatic N) is 3. The standard InChI is InChI=1S/C27H24Cl2N4O7/c1-15(34)39-14-40-33-24-12-18(8-9-23(24)31-32-33)26(36)30-19(13-25(35)27(37)38)10-17-7-6-16(11-22(17)29)20-4-2-3-5-21(20)28/h2-9,11-12,19,25,35H,10,13-14H2,1H3,(H,30,36)(H,37,38). The summed E-state index contributed by atoms with van der Waals surface area (Å²) in [6.07, 6.45) is -1.84. The first-order chi connectivity index (χ1) is 19.1. The number of fused-ring (bicyclic) bond motifs is 1. The van der Waals surface area contributed by atoms with Crippen molar-refractivity contribution in [3.8, 4) is 11.1 Å². The minimum absolute atomic E-state index is 0.144. The Bertz CT molecular complexity index is 1560. The van der Waals surface area contributed by atoms with Gasteiger partial charge in [-0.25, -0.2) is 4.79 Å². The summed E-state index contributed by atoms with van der Waals surface area (Å²) in [5.41, 5.74) is 3.17. The average Bonchev–Trinajstić information content (AvgIpc) is 3.32. The van der Waals surface area contributed by atoms with E-state index in [9.17, 15) is 24.6 Å². The minimum atomic E-state index is -1.71. The maximum atomic E-state index is 13.2. The molecule has 0 saturated carbocycles. The Balaban J connectivity index is 1.54. The molecule has 1 amide bonds. The molecular weight excluding hydrogens is 563 g/mol. The van der Waals surface area contributed by atoms with E-state index in [-0.39, 0.29) is 18.4 Å². The maximum absolute atomic E-state index is 13.2. The predicted octanol–water partition coefficient (Wildman–Crippen LogP) is 3.53. The van der Waals surface area contributed by atoms with Gasteiger partial charge in [0.1, 0.15) is 11.0 Å². The van der Waals surface area contributed by atoms with Crippen molar-refractivity contribution in [2.45, 2.75) is 31.9 Å². The summed E-state index contributed by atoms with van der Waals surface area (Å²) in [4.78, 5) is 41.8. The first kappa shape index (κ1) is 28.8. The Morgan fingerprint density at radius 1 is 1.05 bits per heavy atom. The number of carboxylic acids is 1. The van der Waals surface area contributed by atoms with E-state index < -0.39 is 36.8 Å². The fraction of sp³-hybridized carbons (Fsp3) is 0.222. The lowest BCUT2D eigenvalue weighted by Crippen LogP contribution is -2.40. The topological polar surface area (TPSA) is 153 Å². The Hall–Kier alpha value is -4.19. The number of aliphatic hydroxyl groups excluding tert-OH is 1. The summed E-state index contributed by atoms with van der Waals surface area (Å²) in [6.45, 7) is 0.818. The van der Waals surface area contributed by atoms with E-state index >= 15 is 0 Å². The van der Waals surface area contributed by atoms with Gasteiger partial charge in [-0.2, -0.15) is 0 Å². The highest BCUT2D eigenvalue weighted by molar-refractivity contribution is 6.34. The molecule has 40 heavy (non-hydrogen) atoms. The lowest BCUT2D eigenvalue weighted by molar-refractivity contribution is -0.154. The van der Waals surface area contributed by atoms with Crippen LogP contribution in [0.1, 0.15) is 29.3 Å². The summed E-state index contributed by atoms with van der Waals surface area (Å²) in [6, 6.07) is 16.4. The molecule has 0 saturated heterocycles. The molecule has 1 heterocycles. The van der Waals surface area contributed by atoms with Crippen molar-refractivity contribution in [3.05, 3.63) is 81.8 Å². The molecule has 3 aromatic carbocycles. The van der Waals surface area contributed by atoms with Crippen molar-refractivity contribution >= 4 is 52.1 Å². The summed E-state index contributed by atoms with van der Waals surface area (Å²) < 4.78 is 4.74. The Kier molecular flexibility index (Phi) is 9.20. The molecule has 11 nitrogen and oxygen atoms in total. The highest BCUT2D eigenvalue weighted by Crippen LogP contribution is 2.31. The number of esters is 1. The molecule has 4 aromatic rings. The number of ether oxygens (including phenoxy) is 1. The summed E-state index contributed by atoms with van der Waals surface area (Å²) in [7, 11) is 0. The lowest BCUT2D eigenvalue weighted by atomic mass is 9.97. The third-order valence-corrected chi connectivity index (χ3v) is 6.63. The average molecular weight is 587 g/mol. The number of hydrogen-bond acceptors (Lipinski definition) is 8. The van der Waals surface area contributed by atoms with Gasteiger partial charge in [-0.3, -0.25) is 9.59 Å². The van der Waals surface area contributed by atoms with Crippen LogP contribution in [0, 0.1) is 0 Å². The molecule has 1 aromatic heterocycles. The molecule has 2 atom stereocenters. The number of nitrogens with one attached hydrogen (secondary N) is 1. The molecule has 2 unspecified atom stereocenters. The monoisotopic (exact) mass is 586 g/mol. The molecule has 4 rings (SSSR count). The van der Waals surface area contributed by atoms with Crippen molar-refractivity contribution in [2.24, 2.45) is 0 Å². The first-order valence-corrected chi connectivity index (χ1v) is 12.7. The van der Waals surface area contributed by atoms with Crippen LogP contribution < -0.4 is 10.2 Å². The van der Waals surface area contributed by atoms with Crippen molar-refractivity contribution in [1.29, 1.82) is 0 Å². The fourth-order valence-corrected chi connectivity index (χ4v) is 4.47. The molecule has 0 radical (unpaired) electrons. The number of amides is 1. The van der Waals surface area contributed by atoms with E-state index in [0.29, 0.717) is 26.6 Å². The highest BCUT2D eigenvalue weighted by atomic mass is 35.5. The van der Waals surface area contributed by atoms with Gasteiger partial charge in [-0.05, 0) is 53.1 Å². The molecule has 0 fully saturated rings. The minimum Gasteiger partial charge on any atom is -0.479 e. The van der Waals surface area contributed by atoms with Crippen LogP contribution in [0.5, 0.6) is 0 Å². The van der Waals surface area contributed by atoms with Gasteiger partial charge < -0.3 is 25.1 Å². The number of halogens is 2. The number of aromatic nitrogens is 3. The number of aliphatic hydroxyl groups is 1. The second-order valence-electron chi connectivity index (χ2n) is 8.80. The van der Waals surface area contributed by atoms with E-state index in [4.69, 9.17) is 32.8 Å². The second kappa shape index (κ2) is 12.8. The van der Waals surface area contributed by atoms with Gasteiger partial charge in [0.2, 0.25) is 0 Å². The summed E-state index contributed by atoms with van der Waals surface area (Å²) >= 11 is 12.9. The molecule has 13 heteroatoms. The normalized spacial score (nSPS) is 12.5. The number of benzene rings is 3. The quantitative estimate of drug-likeness (QED) is 0.177. The van der Waals surface area contributed by atoms with E-state index in [1.165, 1.54) is 19.1 Å². The first-order valence-electron chi connectivity index (χ1n) is 12.0. The number of aliphatic carboxylic acids is 1.